The fourth-order valence-corrected chi connectivity index (χ4v) is 1.67. The topological polar surface area (TPSA) is 17.1 Å². The third kappa shape index (κ3) is 1.36. The molecule has 1 heteroatoms. The Hall–Kier alpha value is -0.850. The van der Waals surface area contributed by atoms with Crippen molar-refractivity contribution in [1.29, 1.82) is 0 Å². The first-order valence-corrected chi connectivity index (χ1v) is 4.28. The Morgan fingerprint density at radius 1 is 1.25 bits per heavy atom. The van der Waals surface area contributed by atoms with E-state index in [1.54, 1.807) is 6.92 Å². The largest absolute Gasteiger partial charge is 0.295 e. The second-order valence-corrected chi connectivity index (χ2v) is 4.19. The van der Waals surface area contributed by atoms with Gasteiger partial charge in [-0.25, -0.2) is 0 Å². The van der Waals surface area contributed by atoms with Gasteiger partial charge in [-0.05, 0) is 26.3 Å². The maximum absolute atomic E-state index is 11.1. The quantitative estimate of drug-likeness (QED) is 0.613. The van der Waals surface area contributed by atoms with Crippen molar-refractivity contribution in [1.82, 2.24) is 0 Å². The Balaban J connectivity index is 2.93. The summed E-state index contributed by atoms with van der Waals surface area (Å²) in [6, 6.07) is 0. The molecule has 0 N–H and O–H groups in total. The van der Waals surface area contributed by atoms with Gasteiger partial charge in [0.15, 0.2) is 5.78 Å². The van der Waals surface area contributed by atoms with Crippen LogP contribution in [0.25, 0.3) is 0 Å². The molecular formula is C11H16O. The van der Waals surface area contributed by atoms with E-state index in [2.05, 4.69) is 33.8 Å². The predicted molar refractivity (Wildman–Crippen MR) is 50.9 cm³/mol. The lowest BCUT2D eigenvalue weighted by Crippen LogP contribution is -1.98. The molecule has 1 aliphatic carbocycles. The molecule has 0 aromatic carbocycles. The highest BCUT2D eigenvalue weighted by Gasteiger charge is 2.45. The first-order chi connectivity index (χ1) is 5.37. The molecule has 0 amide bonds. The summed E-state index contributed by atoms with van der Waals surface area (Å²) in [7, 11) is 0. The zero-order valence-corrected chi connectivity index (χ0v) is 8.49. The molecule has 0 saturated heterocycles. The summed E-state index contributed by atoms with van der Waals surface area (Å²) in [5, 5.41) is 0. The molecule has 1 nitrogen and oxygen atoms in total. The molecule has 12 heavy (non-hydrogen) atoms. The SMILES string of the molecule is CC(=O)C1=C(C=C(C)C)C1(C)C. The molecule has 0 aliphatic heterocycles. The van der Waals surface area contributed by atoms with Crippen molar-refractivity contribution in [2.24, 2.45) is 5.41 Å². The molecular weight excluding hydrogens is 148 g/mol. The van der Waals surface area contributed by atoms with E-state index < -0.39 is 0 Å². The van der Waals surface area contributed by atoms with Gasteiger partial charge in [-0.1, -0.05) is 25.5 Å². The number of hydrogen-bond acceptors (Lipinski definition) is 1. The van der Waals surface area contributed by atoms with Gasteiger partial charge in [0.2, 0.25) is 0 Å². The summed E-state index contributed by atoms with van der Waals surface area (Å²) in [5.74, 6) is 0.215. The lowest BCUT2D eigenvalue weighted by Gasteiger charge is -2.01. The van der Waals surface area contributed by atoms with E-state index in [1.165, 1.54) is 11.1 Å². The molecule has 0 atom stereocenters. The van der Waals surface area contributed by atoms with Crippen LogP contribution >= 0.6 is 0 Å². The molecule has 0 bridgehead atoms. The number of carbonyl (C=O) groups is 1. The van der Waals surface area contributed by atoms with Crippen molar-refractivity contribution in [2.75, 3.05) is 0 Å². The minimum Gasteiger partial charge on any atom is -0.295 e. The van der Waals surface area contributed by atoms with Gasteiger partial charge in [0, 0.05) is 11.0 Å². The van der Waals surface area contributed by atoms with E-state index in [0.717, 1.165) is 5.57 Å². The van der Waals surface area contributed by atoms with E-state index in [9.17, 15) is 4.79 Å². The minimum atomic E-state index is 0.0447. The van der Waals surface area contributed by atoms with Crippen LogP contribution in [0.4, 0.5) is 0 Å². The zero-order chi connectivity index (χ0) is 9.52. The molecule has 0 aromatic rings. The van der Waals surface area contributed by atoms with Crippen LogP contribution in [0.2, 0.25) is 0 Å². The van der Waals surface area contributed by atoms with Crippen molar-refractivity contribution in [2.45, 2.75) is 34.6 Å². The van der Waals surface area contributed by atoms with Crippen LogP contribution in [-0.2, 0) is 4.79 Å². The van der Waals surface area contributed by atoms with Crippen molar-refractivity contribution < 1.29 is 4.79 Å². The lowest BCUT2D eigenvalue weighted by molar-refractivity contribution is -0.113. The van der Waals surface area contributed by atoms with E-state index in [4.69, 9.17) is 0 Å². The molecule has 0 fully saturated rings. The Morgan fingerprint density at radius 3 is 2.00 bits per heavy atom. The summed E-state index contributed by atoms with van der Waals surface area (Å²) >= 11 is 0. The Labute approximate surface area is 74.2 Å². The number of carbonyl (C=O) groups excluding carboxylic acids is 1. The summed E-state index contributed by atoms with van der Waals surface area (Å²) in [6.45, 7) is 9.94. The number of allylic oxidation sites excluding steroid dienone is 4. The monoisotopic (exact) mass is 164 g/mol. The highest BCUT2D eigenvalue weighted by Crippen LogP contribution is 2.53. The van der Waals surface area contributed by atoms with E-state index in [0.29, 0.717) is 0 Å². The van der Waals surface area contributed by atoms with Gasteiger partial charge in [0.25, 0.3) is 0 Å². The van der Waals surface area contributed by atoms with Crippen molar-refractivity contribution >= 4 is 5.78 Å². The van der Waals surface area contributed by atoms with Crippen LogP contribution in [-0.4, -0.2) is 5.78 Å². The molecule has 0 heterocycles. The number of hydrogen-bond donors (Lipinski definition) is 0. The van der Waals surface area contributed by atoms with Gasteiger partial charge in [-0.2, -0.15) is 0 Å². The van der Waals surface area contributed by atoms with Gasteiger partial charge in [0.1, 0.15) is 0 Å². The van der Waals surface area contributed by atoms with Gasteiger partial charge in [0.05, 0.1) is 0 Å². The maximum Gasteiger partial charge on any atom is 0.156 e. The zero-order valence-electron chi connectivity index (χ0n) is 8.49. The molecule has 1 rings (SSSR count). The second kappa shape index (κ2) is 2.58. The Kier molecular flexibility index (Phi) is 1.99. The van der Waals surface area contributed by atoms with Gasteiger partial charge in [-0.3, -0.25) is 4.79 Å². The van der Waals surface area contributed by atoms with Gasteiger partial charge < -0.3 is 0 Å². The molecule has 0 saturated carbocycles. The number of rotatable bonds is 2. The number of Topliss-reactive ketones (excluding diaryl/α,β-unsaturated/α-hetero) is 1. The highest BCUT2D eigenvalue weighted by atomic mass is 16.1. The van der Waals surface area contributed by atoms with Crippen LogP contribution in [0.3, 0.4) is 0 Å². The molecule has 0 radical (unpaired) electrons. The van der Waals surface area contributed by atoms with Crippen LogP contribution in [0.15, 0.2) is 22.8 Å². The third-order valence-electron chi connectivity index (χ3n) is 2.29. The van der Waals surface area contributed by atoms with Crippen LogP contribution in [0.1, 0.15) is 34.6 Å². The molecule has 0 aromatic heterocycles. The average molecular weight is 164 g/mol. The summed E-state index contributed by atoms with van der Waals surface area (Å²) in [5.41, 5.74) is 3.52. The van der Waals surface area contributed by atoms with Crippen molar-refractivity contribution in [3.05, 3.63) is 22.8 Å². The van der Waals surface area contributed by atoms with E-state index >= 15 is 0 Å². The van der Waals surface area contributed by atoms with Crippen LogP contribution in [0, 0.1) is 5.41 Å². The minimum absolute atomic E-state index is 0.0447. The van der Waals surface area contributed by atoms with E-state index in [1.807, 2.05) is 0 Å². The van der Waals surface area contributed by atoms with Crippen molar-refractivity contribution in [3.63, 3.8) is 0 Å². The highest BCUT2D eigenvalue weighted by molar-refractivity contribution is 6.02. The predicted octanol–water partition coefficient (Wildman–Crippen LogP) is 2.88. The lowest BCUT2D eigenvalue weighted by atomic mass is 10.0. The number of ketones is 1. The summed E-state index contributed by atoms with van der Waals surface area (Å²) < 4.78 is 0. The van der Waals surface area contributed by atoms with Crippen LogP contribution < -0.4 is 0 Å². The Bertz CT molecular complexity index is 286. The standard InChI is InChI=1S/C11H16O/c1-7(2)6-9-10(8(3)12)11(9,4)5/h6H,1-5H3. The third-order valence-corrected chi connectivity index (χ3v) is 2.29. The molecule has 1 aliphatic rings. The maximum atomic E-state index is 11.1. The first kappa shape index (κ1) is 9.24. The molecule has 66 valence electrons. The molecule has 0 unspecified atom stereocenters. The first-order valence-electron chi connectivity index (χ1n) is 4.28. The smallest absolute Gasteiger partial charge is 0.156 e. The van der Waals surface area contributed by atoms with Gasteiger partial charge >= 0.3 is 0 Å². The summed E-state index contributed by atoms with van der Waals surface area (Å²) in [6.07, 6.45) is 2.11. The average Bonchev–Trinajstić information content (AvgIpc) is 2.32. The second-order valence-electron chi connectivity index (χ2n) is 4.19. The van der Waals surface area contributed by atoms with Crippen LogP contribution in [0.5, 0.6) is 0 Å². The van der Waals surface area contributed by atoms with Crippen molar-refractivity contribution in [3.8, 4) is 0 Å². The fourth-order valence-electron chi connectivity index (χ4n) is 1.67. The van der Waals surface area contributed by atoms with Gasteiger partial charge in [-0.15, -0.1) is 0 Å². The summed E-state index contributed by atoms with van der Waals surface area (Å²) in [4.78, 5) is 11.1. The van der Waals surface area contributed by atoms with E-state index in [-0.39, 0.29) is 11.2 Å². The normalized spacial score (nSPS) is 19.1. The Morgan fingerprint density at radius 2 is 1.75 bits per heavy atom. The molecule has 0 spiro atoms. The fraction of sp³-hybridized carbons (Fsp3) is 0.545.